The van der Waals surface area contributed by atoms with Crippen molar-refractivity contribution in [2.75, 3.05) is 31.1 Å². The highest BCUT2D eigenvalue weighted by atomic mass is 35.5. The van der Waals surface area contributed by atoms with Crippen LogP contribution in [0.1, 0.15) is 29.5 Å². The lowest BCUT2D eigenvalue weighted by Gasteiger charge is -2.38. The predicted octanol–water partition coefficient (Wildman–Crippen LogP) is 4.28. The second-order valence-corrected chi connectivity index (χ2v) is 7.79. The summed E-state index contributed by atoms with van der Waals surface area (Å²) >= 11 is 6.08. The Hall–Kier alpha value is -2.02. The number of piperidine rings is 1. The zero-order valence-electron chi connectivity index (χ0n) is 15.0. The minimum atomic E-state index is 0.631. The van der Waals surface area contributed by atoms with Crippen LogP contribution in [-0.2, 0) is 12.8 Å². The SMILES string of the molecule is N#Cc1ccc2c(c1)CCN2C1CCN(CCc2cccc(Cl)c2)CC1. The molecular weight excluding hydrogens is 342 g/mol. The highest BCUT2D eigenvalue weighted by Crippen LogP contribution is 2.33. The fourth-order valence-electron chi connectivity index (χ4n) is 4.31. The number of hydrogen-bond donors (Lipinski definition) is 0. The van der Waals surface area contributed by atoms with Gasteiger partial charge >= 0.3 is 0 Å². The second-order valence-electron chi connectivity index (χ2n) is 7.35. The van der Waals surface area contributed by atoms with Crippen LogP contribution in [0.2, 0.25) is 5.02 Å². The van der Waals surface area contributed by atoms with Crippen LogP contribution < -0.4 is 4.90 Å². The molecule has 3 nitrogen and oxygen atoms in total. The summed E-state index contributed by atoms with van der Waals surface area (Å²) in [6, 6.07) is 17.3. The summed E-state index contributed by atoms with van der Waals surface area (Å²) in [5, 5.41) is 9.91. The number of nitriles is 1. The molecule has 2 aliphatic heterocycles. The predicted molar refractivity (Wildman–Crippen MR) is 107 cm³/mol. The molecule has 2 aliphatic rings. The Balaban J connectivity index is 1.31. The number of fused-ring (bicyclic) bond motifs is 1. The molecule has 2 aromatic carbocycles. The van der Waals surface area contributed by atoms with Gasteiger partial charge in [-0.2, -0.15) is 5.26 Å². The van der Waals surface area contributed by atoms with E-state index in [0.29, 0.717) is 6.04 Å². The molecule has 0 amide bonds. The third kappa shape index (κ3) is 3.72. The first-order valence-corrected chi connectivity index (χ1v) is 9.87. The van der Waals surface area contributed by atoms with Gasteiger partial charge in [0.25, 0.3) is 0 Å². The molecule has 0 spiro atoms. The molecule has 0 saturated carbocycles. The lowest BCUT2D eigenvalue weighted by atomic mass is 10.0. The molecule has 4 rings (SSSR count). The Kier molecular flexibility index (Phi) is 5.15. The maximum Gasteiger partial charge on any atom is 0.0991 e. The van der Waals surface area contributed by atoms with E-state index in [1.807, 2.05) is 18.2 Å². The van der Waals surface area contributed by atoms with E-state index in [-0.39, 0.29) is 0 Å². The number of hydrogen-bond acceptors (Lipinski definition) is 3. The summed E-state index contributed by atoms with van der Waals surface area (Å²) in [6.45, 7) is 4.52. The first-order valence-electron chi connectivity index (χ1n) is 9.49. The van der Waals surface area contributed by atoms with E-state index in [1.165, 1.54) is 29.7 Å². The summed E-state index contributed by atoms with van der Waals surface area (Å²) in [4.78, 5) is 5.15. The third-order valence-electron chi connectivity index (χ3n) is 5.74. The number of benzene rings is 2. The van der Waals surface area contributed by atoms with Gasteiger partial charge in [-0.3, -0.25) is 0 Å². The maximum absolute atomic E-state index is 9.08. The average molecular weight is 366 g/mol. The highest BCUT2D eigenvalue weighted by molar-refractivity contribution is 6.30. The fourth-order valence-corrected chi connectivity index (χ4v) is 4.52. The largest absolute Gasteiger partial charge is 0.368 e. The van der Waals surface area contributed by atoms with E-state index < -0.39 is 0 Å². The molecule has 26 heavy (non-hydrogen) atoms. The topological polar surface area (TPSA) is 30.3 Å². The van der Waals surface area contributed by atoms with Crippen molar-refractivity contribution in [3.8, 4) is 6.07 Å². The minimum absolute atomic E-state index is 0.631. The second kappa shape index (κ2) is 7.70. The zero-order valence-corrected chi connectivity index (χ0v) is 15.8. The van der Waals surface area contributed by atoms with Crippen LogP contribution in [0.5, 0.6) is 0 Å². The Morgan fingerprint density at radius 1 is 1.08 bits per heavy atom. The van der Waals surface area contributed by atoms with Gasteiger partial charge in [-0.25, -0.2) is 0 Å². The average Bonchev–Trinajstić information content (AvgIpc) is 3.10. The number of rotatable bonds is 4. The van der Waals surface area contributed by atoms with Crippen molar-refractivity contribution in [2.45, 2.75) is 31.7 Å². The summed E-state index contributed by atoms with van der Waals surface area (Å²) < 4.78 is 0. The van der Waals surface area contributed by atoms with E-state index in [9.17, 15) is 0 Å². The van der Waals surface area contributed by atoms with Crippen molar-refractivity contribution >= 4 is 17.3 Å². The van der Waals surface area contributed by atoms with Crippen molar-refractivity contribution in [3.63, 3.8) is 0 Å². The standard InChI is InChI=1S/C22H24ClN3/c23-20-3-1-2-17(15-20)6-10-25-11-8-21(9-12-25)26-13-7-19-14-18(16-24)4-5-22(19)26/h1-5,14-15,21H,6-13H2. The van der Waals surface area contributed by atoms with Gasteiger partial charge in [0.15, 0.2) is 0 Å². The fraction of sp³-hybridized carbons (Fsp3) is 0.409. The molecule has 1 saturated heterocycles. The van der Waals surface area contributed by atoms with Gasteiger partial charge in [0, 0.05) is 42.9 Å². The number of nitrogens with zero attached hydrogens (tertiary/aromatic N) is 3. The minimum Gasteiger partial charge on any atom is -0.368 e. The van der Waals surface area contributed by atoms with Crippen molar-refractivity contribution in [2.24, 2.45) is 0 Å². The first kappa shape index (κ1) is 17.4. The quantitative estimate of drug-likeness (QED) is 0.810. The number of likely N-dealkylation sites (tertiary alicyclic amines) is 1. The van der Waals surface area contributed by atoms with E-state index in [0.717, 1.165) is 49.6 Å². The van der Waals surface area contributed by atoms with E-state index >= 15 is 0 Å². The Morgan fingerprint density at radius 2 is 1.92 bits per heavy atom. The van der Waals surface area contributed by atoms with Crippen LogP contribution in [0.15, 0.2) is 42.5 Å². The van der Waals surface area contributed by atoms with Gasteiger partial charge in [-0.1, -0.05) is 23.7 Å². The van der Waals surface area contributed by atoms with Crippen LogP contribution in [0, 0.1) is 11.3 Å². The van der Waals surface area contributed by atoms with Crippen LogP contribution in [0.3, 0.4) is 0 Å². The molecule has 0 N–H and O–H groups in total. The summed E-state index contributed by atoms with van der Waals surface area (Å²) in [5.74, 6) is 0. The third-order valence-corrected chi connectivity index (χ3v) is 5.98. The van der Waals surface area contributed by atoms with Crippen LogP contribution in [0.25, 0.3) is 0 Å². The molecular formula is C22H24ClN3. The Morgan fingerprint density at radius 3 is 2.69 bits per heavy atom. The van der Waals surface area contributed by atoms with Gasteiger partial charge < -0.3 is 9.80 Å². The molecule has 0 radical (unpaired) electrons. The van der Waals surface area contributed by atoms with Gasteiger partial charge in [-0.05, 0) is 67.1 Å². The van der Waals surface area contributed by atoms with Gasteiger partial charge in [0.1, 0.15) is 0 Å². The first-order chi connectivity index (χ1) is 12.7. The molecule has 0 bridgehead atoms. The molecule has 0 aromatic heterocycles. The lowest BCUT2D eigenvalue weighted by Crippen LogP contribution is -2.44. The number of halogens is 1. The lowest BCUT2D eigenvalue weighted by molar-refractivity contribution is 0.212. The van der Waals surface area contributed by atoms with Crippen molar-refractivity contribution in [3.05, 3.63) is 64.2 Å². The molecule has 2 aromatic rings. The van der Waals surface area contributed by atoms with Crippen LogP contribution in [0.4, 0.5) is 5.69 Å². The molecule has 4 heteroatoms. The maximum atomic E-state index is 9.08. The normalized spacial score (nSPS) is 17.9. The molecule has 0 unspecified atom stereocenters. The van der Waals surface area contributed by atoms with E-state index in [1.54, 1.807) is 0 Å². The molecule has 1 fully saturated rings. The smallest absolute Gasteiger partial charge is 0.0991 e. The number of anilines is 1. The summed E-state index contributed by atoms with van der Waals surface area (Å²) in [7, 11) is 0. The van der Waals surface area contributed by atoms with Crippen LogP contribution in [-0.4, -0.2) is 37.1 Å². The molecule has 2 heterocycles. The highest BCUT2D eigenvalue weighted by Gasteiger charge is 2.29. The van der Waals surface area contributed by atoms with Crippen molar-refractivity contribution < 1.29 is 0 Å². The van der Waals surface area contributed by atoms with E-state index in [4.69, 9.17) is 16.9 Å². The van der Waals surface area contributed by atoms with Crippen LogP contribution >= 0.6 is 11.6 Å². The summed E-state index contributed by atoms with van der Waals surface area (Å²) in [5.41, 5.74) is 4.79. The van der Waals surface area contributed by atoms with Gasteiger partial charge in [0.2, 0.25) is 0 Å². The molecule has 0 atom stereocenters. The van der Waals surface area contributed by atoms with Crippen molar-refractivity contribution in [1.82, 2.24) is 4.90 Å². The Labute approximate surface area is 160 Å². The summed E-state index contributed by atoms with van der Waals surface area (Å²) in [6.07, 6.45) is 4.57. The van der Waals surface area contributed by atoms with Crippen molar-refractivity contribution in [1.29, 1.82) is 5.26 Å². The van der Waals surface area contributed by atoms with Gasteiger partial charge in [0.05, 0.1) is 11.6 Å². The monoisotopic (exact) mass is 365 g/mol. The van der Waals surface area contributed by atoms with Gasteiger partial charge in [-0.15, -0.1) is 0 Å². The van der Waals surface area contributed by atoms with E-state index in [2.05, 4.69) is 40.1 Å². The molecule has 134 valence electrons. The Bertz CT molecular complexity index is 818. The zero-order chi connectivity index (χ0) is 17.9. The molecule has 0 aliphatic carbocycles.